The van der Waals surface area contributed by atoms with Gasteiger partial charge in [-0.3, -0.25) is 4.79 Å². The molecular weight excluding hydrogens is 413 g/mol. The summed E-state index contributed by atoms with van der Waals surface area (Å²) in [6.45, 7) is 3.22. The maximum absolute atomic E-state index is 15.0. The SMILES string of the molecule is Cc1ccc2cc1CN1C[C@H](Oc3ccccc3S1)c1cc(ccc1F)C2CC(=O)O. The molecule has 0 spiro atoms. The van der Waals surface area contributed by atoms with Crippen LogP contribution in [0.15, 0.2) is 65.6 Å². The van der Waals surface area contributed by atoms with E-state index in [1.54, 1.807) is 24.1 Å². The number of aryl methyl sites for hydroxylation is 1. The molecule has 158 valence electrons. The van der Waals surface area contributed by atoms with Gasteiger partial charge in [-0.05, 0) is 65.4 Å². The molecule has 1 N–H and O–H groups in total. The zero-order chi connectivity index (χ0) is 21.5. The number of aliphatic carboxylic acids is 1. The Morgan fingerprint density at radius 3 is 2.77 bits per heavy atom. The third-order valence-electron chi connectivity index (χ3n) is 5.99. The molecule has 6 bridgehead atoms. The van der Waals surface area contributed by atoms with Gasteiger partial charge in [0.1, 0.15) is 17.7 Å². The molecule has 2 aliphatic heterocycles. The second-order valence-electron chi connectivity index (χ2n) is 8.08. The molecule has 0 radical (unpaired) electrons. The summed E-state index contributed by atoms with van der Waals surface area (Å²) in [5, 5.41) is 9.57. The minimum absolute atomic E-state index is 0.0552. The normalized spacial score (nSPS) is 21.8. The minimum atomic E-state index is -0.882. The maximum Gasteiger partial charge on any atom is 0.304 e. The summed E-state index contributed by atoms with van der Waals surface area (Å²) in [6, 6.07) is 18.9. The Kier molecular flexibility index (Phi) is 5.20. The number of ether oxygens (including phenoxy) is 1. The highest BCUT2D eigenvalue weighted by molar-refractivity contribution is 7.97. The van der Waals surface area contributed by atoms with Crippen LogP contribution in [0, 0.1) is 12.7 Å². The van der Waals surface area contributed by atoms with E-state index in [1.807, 2.05) is 36.4 Å². The molecule has 2 unspecified atom stereocenters. The first-order valence-corrected chi connectivity index (χ1v) is 11.0. The Labute approximate surface area is 184 Å². The lowest BCUT2D eigenvalue weighted by molar-refractivity contribution is -0.137. The fourth-order valence-electron chi connectivity index (χ4n) is 4.33. The Morgan fingerprint density at radius 1 is 1.16 bits per heavy atom. The van der Waals surface area contributed by atoms with Crippen molar-refractivity contribution < 1.29 is 19.0 Å². The number of hydrogen-bond acceptors (Lipinski definition) is 4. The number of halogens is 1. The largest absolute Gasteiger partial charge is 0.483 e. The van der Waals surface area contributed by atoms with Gasteiger partial charge in [-0.15, -0.1) is 0 Å². The van der Waals surface area contributed by atoms with Crippen molar-refractivity contribution in [3.63, 3.8) is 0 Å². The first kappa shape index (κ1) is 20.1. The van der Waals surface area contributed by atoms with Gasteiger partial charge in [0, 0.05) is 18.0 Å². The smallest absolute Gasteiger partial charge is 0.304 e. The first-order valence-electron chi connectivity index (χ1n) is 10.3. The number of rotatable bonds is 2. The lowest BCUT2D eigenvalue weighted by atomic mass is 9.86. The first-order chi connectivity index (χ1) is 15.0. The predicted octanol–water partition coefficient (Wildman–Crippen LogP) is 5.70. The molecule has 2 aliphatic rings. The number of carbonyl (C=O) groups is 1. The van der Waals surface area contributed by atoms with E-state index in [0.717, 1.165) is 32.9 Å². The number of para-hydroxylation sites is 1. The summed E-state index contributed by atoms with van der Waals surface area (Å²) in [5.74, 6) is -0.845. The van der Waals surface area contributed by atoms with Gasteiger partial charge in [0.05, 0.1) is 17.9 Å². The van der Waals surface area contributed by atoms with Gasteiger partial charge in [-0.1, -0.05) is 36.4 Å². The Hall–Kier alpha value is -2.83. The molecule has 3 aromatic rings. The van der Waals surface area contributed by atoms with Crippen LogP contribution in [0.1, 0.15) is 46.3 Å². The maximum atomic E-state index is 15.0. The van der Waals surface area contributed by atoms with Gasteiger partial charge >= 0.3 is 5.97 Å². The lowest BCUT2D eigenvalue weighted by Crippen LogP contribution is -2.24. The van der Waals surface area contributed by atoms with Crippen LogP contribution in [0.4, 0.5) is 4.39 Å². The monoisotopic (exact) mass is 435 g/mol. The van der Waals surface area contributed by atoms with E-state index in [0.29, 0.717) is 18.7 Å². The number of hydrogen-bond donors (Lipinski definition) is 1. The lowest BCUT2D eigenvalue weighted by Gasteiger charge is -2.24. The summed E-state index contributed by atoms with van der Waals surface area (Å²) in [4.78, 5) is 12.7. The second kappa shape index (κ2) is 8.02. The molecule has 0 aliphatic carbocycles. The standard InChI is InChI=1S/C25H22FNO3S/c1-15-6-7-16-10-18(15)13-27-14-23(30-22-4-2-3-5-24(22)31-27)20-11-17(8-9-21(20)26)19(16)12-25(28)29/h2-11,19,23H,12-14H2,1H3,(H,28,29)/t19?,23-/m0/s1. The van der Waals surface area contributed by atoms with Crippen molar-refractivity contribution in [1.29, 1.82) is 0 Å². The third-order valence-corrected chi connectivity index (χ3v) is 7.06. The molecule has 0 saturated carbocycles. The van der Waals surface area contributed by atoms with Crippen molar-refractivity contribution in [3.05, 3.63) is 94.3 Å². The number of benzene rings is 3. The third kappa shape index (κ3) is 3.93. The van der Waals surface area contributed by atoms with Crippen molar-refractivity contribution in [2.45, 2.75) is 36.8 Å². The average Bonchev–Trinajstić information content (AvgIpc) is 2.93. The van der Waals surface area contributed by atoms with E-state index in [-0.39, 0.29) is 18.2 Å². The van der Waals surface area contributed by atoms with Gasteiger partial charge in [0.25, 0.3) is 0 Å². The summed E-state index contributed by atoms with van der Waals surface area (Å²) in [6.07, 6.45) is -0.557. The van der Waals surface area contributed by atoms with Gasteiger partial charge in [0.2, 0.25) is 0 Å². The van der Waals surface area contributed by atoms with Crippen LogP contribution >= 0.6 is 11.9 Å². The van der Waals surface area contributed by atoms with Crippen LogP contribution in [-0.4, -0.2) is 21.9 Å². The molecule has 0 fully saturated rings. The number of nitrogens with zero attached hydrogens (tertiary/aromatic N) is 1. The van der Waals surface area contributed by atoms with Gasteiger partial charge in [0.15, 0.2) is 0 Å². The molecule has 0 aromatic heterocycles. The van der Waals surface area contributed by atoms with E-state index in [4.69, 9.17) is 4.74 Å². The zero-order valence-corrected chi connectivity index (χ0v) is 17.9. The van der Waals surface area contributed by atoms with Crippen molar-refractivity contribution in [1.82, 2.24) is 4.31 Å². The molecule has 31 heavy (non-hydrogen) atoms. The van der Waals surface area contributed by atoms with E-state index >= 15 is 4.39 Å². The van der Waals surface area contributed by atoms with Crippen molar-refractivity contribution in [2.75, 3.05) is 6.54 Å². The Bertz CT molecular complexity index is 1170. The van der Waals surface area contributed by atoms with Crippen molar-refractivity contribution in [2.24, 2.45) is 0 Å². The van der Waals surface area contributed by atoms with Crippen molar-refractivity contribution >= 4 is 17.9 Å². The molecule has 2 heterocycles. The van der Waals surface area contributed by atoms with E-state index in [1.165, 1.54) is 6.07 Å². The van der Waals surface area contributed by atoms with Gasteiger partial charge in [-0.25, -0.2) is 8.70 Å². The van der Waals surface area contributed by atoms with Gasteiger partial charge < -0.3 is 9.84 Å². The molecule has 6 heteroatoms. The fourth-order valence-corrected chi connectivity index (χ4v) is 5.37. The highest BCUT2D eigenvalue weighted by Crippen LogP contribution is 2.42. The van der Waals surface area contributed by atoms with Crippen LogP contribution in [0.25, 0.3) is 0 Å². The fraction of sp³-hybridized carbons (Fsp3) is 0.240. The number of carboxylic acid groups (broad SMARTS) is 1. The van der Waals surface area contributed by atoms with Crippen LogP contribution in [0.2, 0.25) is 0 Å². The highest BCUT2D eigenvalue weighted by Gasteiger charge is 2.30. The summed E-state index contributed by atoms with van der Waals surface area (Å²) in [5.41, 5.74) is 4.46. The molecular formula is C25H22FNO3S. The molecule has 3 atom stereocenters. The van der Waals surface area contributed by atoms with Crippen LogP contribution in [0.3, 0.4) is 0 Å². The zero-order valence-electron chi connectivity index (χ0n) is 17.0. The molecule has 5 rings (SSSR count). The van der Waals surface area contributed by atoms with Crippen molar-refractivity contribution in [3.8, 4) is 5.75 Å². The van der Waals surface area contributed by atoms with Crippen LogP contribution < -0.4 is 4.74 Å². The van der Waals surface area contributed by atoms with Crippen LogP contribution in [0.5, 0.6) is 5.75 Å². The number of fused-ring (bicyclic) bond motifs is 8. The molecule has 0 amide bonds. The Balaban J connectivity index is 1.72. The summed E-state index contributed by atoms with van der Waals surface area (Å²) >= 11 is 1.61. The highest BCUT2D eigenvalue weighted by atomic mass is 32.2. The minimum Gasteiger partial charge on any atom is -0.483 e. The molecule has 0 saturated heterocycles. The topological polar surface area (TPSA) is 49.8 Å². The van der Waals surface area contributed by atoms with E-state index in [2.05, 4.69) is 17.3 Å². The quantitative estimate of drug-likeness (QED) is 0.524. The van der Waals surface area contributed by atoms with E-state index in [9.17, 15) is 9.90 Å². The Morgan fingerprint density at radius 2 is 1.94 bits per heavy atom. The summed E-state index contributed by atoms with van der Waals surface area (Å²) in [7, 11) is 0. The molecule has 4 nitrogen and oxygen atoms in total. The molecule has 3 aromatic carbocycles. The average molecular weight is 436 g/mol. The predicted molar refractivity (Wildman–Crippen MR) is 118 cm³/mol. The number of carboxylic acids is 1. The summed E-state index contributed by atoms with van der Waals surface area (Å²) < 4.78 is 23.5. The second-order valence-corrected chi connectivity index (χ2v) is 9.22. The van der Waals surface area contributed by atoms with E-state index < -0.39 is 12.1 Å². The van der Waals surface area contributed by atoms with Crippen LogP contribution in [-0.2, 0) is 11.3 Å². The van der Waals surface area contributed by atoms with Gasteiger partial charge in [-0.2, -0.15) is 0 Å².